The van der Waals surface area contributed by atoms with Crippen molar-refractivity contribution in [3.05, 3.63) is 103 Å². The Labute approximate surface area is 191 Å². The Kier molecular flexibility index (Phi) is 5.86. The molecule has 0 spiro atoms. The van der Waals surface area contributed by atoms with Crippen molar-refractivity contribution in [2.45, 2.75) is 10.9 Å². The summed E-state index contributed by atoms with van der Waals surface area (Å²) in [5.41, 5.74) is 0.918. The van der Waals surface area contributed by atoms with Crippen LogP contribution in [0.3, 0.4) is 0 Å². The van der Waals surface area contributed by atoms with Crippen molar-refractivity contribution in [3.63, 3.8) is 0 Å². The second kappa shape index (κ2) is 8.58. The molecule has 0 saturated carbocycles. The van der Waals surface area contributed by atoms with E-state index in [1.807, 2.05) is 0 Å². The number of hydrogen-bond acceptors (Lipinski definition) is 6. The van der Waals surface area contributed by atoms with Crippen LogP contribution >= 0.6 is 35.0 Å². The smallest absolute Gasteiger partial charge is 0.301 e. The van der Waals surface area contributed by atoms with Gasteiger partial charge in [-0.2, -0.15) is 0 Å². The van der Waals surface area contributed by atoms with Gasteiger partial charge in [0, 0.05) is 21.9 Å². The number of aliphatic hydroxyl groups is 1. The number of rotatable bonds is 5. The number of thioether (sulfide) groups is 1. The number of amides is 1. The SMILES string of the molecule is O=C1C(O)=C(Sc2ccncc2[N+](=O)[O-])C(c2ccc(Cl)cc2)N1c1cccc(Cl)c1. The minimum Gasteiger partial charge on any atom is -0.502 e. The summed E-state index contributed by atoms with van der Waals surface area (Å²) >= 11 is 13.1. The normalized spacial score (nSPS) is 16.1. The zero-order valence-electron chi connectivity index (χ0n) is 15.6. The van der Waals surface area contributed by atoms with E-state index in [0.717, 1.165) is 18.0 Å². The third-order valence-electron chi connectivity index (χ3n) is 4.61. The molecule has 1 N–H and O–H groups in total. The van der Waals surface area contributed by atoms with Gasteiger partial charge in [-0.05, 0) is 42.0 Å². The lowest BCUT2D eigenvalue weighted by atomic mass is 10.1. The van der Waals surface area contributed by atoms with Crippen LogP contribution in [0.1, 0.15) is 11.6 Å². The Morgan fingerprint density at radius 3 is 2.52 bits per heavy atom. The van der Waals surface area contributed by atoms with E-state index in [1.54, 1.807) is 48.5 Å². The fourth-order valence-corrected chi connectivity index (χ4v) is 4.69. The minimum atomic E-state index is -0.735. The summed E-state index contributed by atoms with van der Waals surface area (Å²) in [7, 11) is 0. The van der Waals surface area contributed by atoms with Crippen LogP contribution in [-0.4, -0.2) is 20.9 Å². The first-order valence-electron chi connectivity index (χ1n) is 8.91. The Morgan fingerprint density at radius 2 is 1.84 bits per heavy atom. The summed E-state index contributed by atoms with van der Waals surface area (Å²) in [6.45, 7) is 0. The lowest BCUT2D eigenvalue weighted by Crippen LogP contribution is -2.30. The maximum atomic E-state index is 13.1. The molecule has 0 radical (unpaired) electrons. The molecule has 0 fully saturated rings. The van der Waals surface area contributed by atoms with Gasteiger partial charge in [0.2, 0.25) is 0 Å². The number of carbonyl (C=O) groups is 1. The quantitative estimate of drug-likeness (QED) is 0.363. The summed E-state index contributed by atoms with van der Waals surface area (Å²) in [6.07, 6.45) is 2.54. The molecule has 0 bridgehead atoms. The number of nitrogens with zero attached hydrogens (tertiary/aromatic N) is 3. The standard InChI is InChI=1S/C21H13Cl2N3O4S/c22-13-6-4-12(5-7-13)18-20(31-17-8-9-24-11-16(17)26(29)30)19(27)21(28)25(18)15-3-1-2-14(23)10-15/h1-11,18,27H. The van der Waals surface area contributed by atoms with Gasteiger partial charge < -0.3 is 5.11 Å². The van der Waals surface area contributed by atoms with Crippen LogP contribution in [0, 0.1) is 10.1 Å². The number of nitro groups is 1. The number of anilines is 1. The average Bonchev–Trinajstić information content (AvgIpc) is 2.99. The summed E-state index contributed by atoms with van der Waals surface area (Å²) in [5, 5.41) is 23.1. The maximum Gasteiger partial charge on any atom is 0.301 e. The van der Waals surface area contributed by atoms with E-state index >= 15 is 0 Å². The summed E-state index contributed by atoms with van der Waals surface area (Å²) in [4.78, 5) is 29.6. The predicted molar refractivity (Wildman–Crippen MR) is 120 cm³/mol. The third-order valence-corrected chi connectivity index (χ3v) is 6.30. The molecule has 10 heteroatoms. The molecule has 0 aliphatic carbocycles. The van der Waals surface area contributed by atoms with Crippen molar-refractivity contribution in [1.82, 2.24) is 4.98 Å². The molecule has 1 amide bonds. The molecule has 2 heterocycles. The zero-order valence-corrected chi connectivity index (χ0v) is 17.9. The Morgan fingerprint density at radius 1 is 1.10 bits per heavy atom. The molecule has 3 aromatic rings. The van der Waals surface area contributed by atoms with Gasteiger partial charge >= 0.3 is 5.69 Å². The Hall–Kier alpha value is -3.07. The lowest BCUT2D eigenvalue weighted by Gasteiger charge is -2.27. The van der Waals surface area contributed by atoms with E-state index in [-0.39, 0.29) is 15.5 Å². The van der Waals surface area contributed by atoms with Crippen molar-refractivity contribution in [2.24, 2.45) is 0 Å². The third kappa shape index (κ3) is 4.10. The van der Waals surface area contributed by atoms with E-state index in [1.165, 1.54) is 17.2 Å². The molecule has 2 aromatic carbocycles. The number of aliphatic hydroxyl groups excluding tert-OH is 1. The predicted octanol–water partition coefficient (Wildman–Crippen LogP) is 5.95. The van der Waals surface area contributed by atoms with Gasteiger partial charge in [-0.25, -0.2) is 0 Å². The number of carbonyl (C=O) groups excluding carboxylic acids is 1. The largest absolute Gasteiger partial charge is 0.502 e. The lowest BCUT2D eigenvalue weighted by molar-refractivity contribution is -0.388. The molecule has 1 aliphatic rings. The van der Waals surface area contributed by atoms with Gasteiger partial charge in [0.25, 0.3) is 5.91 Å². The number of aromatic nitrogens is 1. The van der Waals surface area contributed by atoms with E-state index in [2.05, 4.69) is 4.98 Å². The highest BCUT2D eigenvalue weighted by atomic mass is 35.5. The molecule has 7 nitrogen and oxygen atoms in total. The first kappa shape index (κ1) is 21.2. The fraction of sp³-hybridized carbons (Fsp3) is 0.0476. The van der Waals surface area contributed by atoms with E-state index in [0.29, 0.717) is 21.3 Å². The minimum absolute atomic E-state index is 0.226. The van der Waals surface area contributed by atoms with Crippen molar-refractivity contribution in [2.75, 3.05) is 4.90 Å². The molecular formula is C21H13Cl2N3O4S. The number of halogens is 2. The summed E-state index contributed by atoms with van der Waals surface area (Å²) in [6, 6.07) is 14.2. The van der Waals surface area contributed by atoms with Crippen molar-refractivity contribution >= 4 is 52.2 Å². The van der Waals surface area contributed by atoms with E-state index < -0.39 is 22.6 Å². The highest BCUT2D eigenvalue weighted by Crippen LogP contribution is 2.49. The second-order valence-electron chi connectivity index (χ2n) is 6.52. The van der Waals surface area contributed by atoms with Crippen LogP contribution in [0.4, 0.5) is 11.4 Å². The summed E-state index contributed by atoms with van der Waals surface area (Å²) in [5.74, 6) is -1.13. The molecule has 1 aromatic heterocycles. The van der Waals surface area contributed by atoms with Crippen LogP contribution in [0.25, 0.3) is 0 Å². The molecular weight excluding hydrogens is 461 g/mol. The van der Waals surface area contributed by atoms with Crippen LogP contribution in [0.5, 0.6) is 0 Å². The molecule has 0 saturated heterocycles. The van der Waals surface area contributed by atoms with Gasteiger partial charge in [0.05, 0.1) is 20.8 Å². The number of hydrogen-bond donors (Lipinski definition) is 1. The van der Waals surface area contributed by atoms with Crippen molar-refractivity contribution in [1.29, 1.82) is 0 Å². The van der Waals surface area contributed by atoms with E-state index in [9.17, 15) is 20.0 Å². The topological polar surface area (TPSA) is 96.6 Å². The van der Waals surface area contributed by atoms with Crippen LogP contribution in [0.2, 0.25) is 10.0 Å². The first-order valence-corrected chi connectivity index (χ1v) is 10.5. The van der Waals surface area contributed by atoms with Crippen LogP contribution < -0.4 is 4.90 Å². The van der Waals surface area contributed by atoms with Gasteiger partial charge in [-0.15, -0.1) is 0 Å². The molecule has 1 unspecified atom stereocenters. The van der Waals surface area contributed by atoms with Gasteiger partial charge in [0.1, 0.15) is 6.20 Å². The second-order valence-corrected chi connectivity index (χ2v) is 8.48. The van der Waals surface area contributed by atoms with Crippen LogP contribution in [-0.2, 0) is 4.79 Å². The monoisotopic (exact) mass is 473 g/mol. The van der Waals surface area contributed by atoms with Gasteiger partial charge in [-0.1, -0.05) is 53.2 Å². The number of benzene rings is 2. The van der Waals surface area contributed by atoms with Gasteiger partial charge in [-0.3, -0.25) is 24.8 Å². The average molecular weight is 474 g/mol. The fourth-order valence-electron chi connectivity index (χ4n) is 3.24. The maximum absolute atomic E-state index is 13.1. The first-order chi connectivity index (χ1) is 14.9. The highest BCUT2D eigenvalue weighted by molar-refractivity contribution is 8.03. The molecule has 156 valence electrons. The number of pyridine rings is 1. The molecule has 4 rings (SSSR count). The van der Waals surface area contributed by atoms with Gasteiger partial charge in [0.15, 0.2) is 5.76 Å². The Balaban J connectivity index is 1.85. The van der Waals surface area contributed by atoms with E-state index in [4.69, 9.17) is 23.2 Å². The highest BCUT2D eigenvalue weighted by Gasteiger charge is 2.42. The zero-order chi connectivity index (χ0) is 22.1. The molecule has 31 heavy (non-hydrogen) atoms. The molecule has 1 atom stereocenters. The van der Waals surface area contributed by atoms with Crippen molar-refractivity contribution in [3.8, 4) is 0 Å². The van der Waals surface area contributed by atoms with Crippen molar-refractivity contribution < 1.29 is 14.8 Å². The Bertz CT molecular complexity index is 1220. The van der Waals surface area contributed by atoms with Crippen LogP contribution in [0.15, 0.2) is 82.6 Å². The summed E-state index contributed by atoms with van der Waals surface area (Å²) < 4.78 is 0. The molecule has 1 aliphatic heterocycles.